The van der Waals surface area contributed by atoms with E-state index in [-0.39, 0.29) is 35.7 Å². The fourth-order valence-corrected chi connectivity index (χ4v) is 7.31. The molecule has 2 aliphatic carbocycles. The first kappa shape index (κ1) is 26.4. The molecule has 2 bridgehead atoms. The fourth-order valence-electron chi connectivity index (χ4n) is 7.31. The van der Waals surface area contributed by atoms with Gasteiger partial charge in [-0.15, -0.1) is 0 Å². The summed E-state index contributed by atoms with van der Waals surface area (Å²) in [5, 5.41) is 16.0. The number of likely N-dealkylation sites (N-methyl/N-ethyl adjacent to an activating group) is 1. The molecule has 2 aromatic carbocycles. The van der Waals surface area contributed by atoms with Crippen molar-refractivity contribution in [3.63, 3.8) is 0 Å². The van der Waals surface area contributed by atoms with Crippen LogP contribution in [0.25, 0.3) is 0 Å². The molecule has 4 aliphatic rings. The number of carbonyl (C=O) groups is 2. The van der Waals surface area contributed by atoms with Gasteiger partial charge in [-0.05, 0) is 51.1 Å². The number of allylic oxidation sites excluding steroid dienone is 1. The van der Waals surface area contributed by atoms with Crippen molar-refractivity contribution < 1.29 is 33.7 Å². The minimum atomic E-state index is -0.827. The van der Waals surface area contributed by atoms with Crippen molar-refractivity contribution in [2.45, 2.75) is 43.7 Å². The van der Waals surface area contributed by atoms with Gasteiger partial charge >= 0.3 is 5.97 Å². The van der Waals surface area contributed by atoms with E-state index in [1.807, 2.05) is 37.3 Å². The molecule has 5 atom stereocenters. The summed E-state index contributed by atoms with van der Waals surface area (Å²) in [6, 6.07) is 9.56. The van der Waals surface area contributed by atoms with Gasteiger partial charge in [0.2, 0.25) is 0 Å². The monoisotopic (exact) mass is 546 g/mol. The number of carbonyl (C=O) groups excluding carboxylic acids is 2. The first-order chi connectivity index (χ1) is 19.2. The second-order valence-electron chi connectivity index (χ2n) is 11.3. The Bertz CT molecular complexity index is 1450. The number of Topliss-reactive ketones (excluding diaryl/α,β-unsaturated/α-hetero) is 1. The highest BCUT2D eigenvalue weighted by Gasteiger charge is 2.58. The molecule has 0 radical (unpaired) electrons. The molecule has 40 heavy (non-hydrogen) atoms. The maximum absolute atomic E-state index is 13.3. The van der Waals surface area contributed by atoms with Crippen molar-refractivity contribution in [1.29, 1.82) is 0 Å². The maximum atomic E-state index is 13.3. The Morgan fingerprint density at radius 3 is 2.60 bits per heavy atom. The molecular weight excluding hydrogens is 512 g/mol. The minimum Gasteiger partial charge on any atom is -0.504 e. The van der Waals surface area contributed by atoms with Gasteiger partial charge < -0.3 is 29.1 Å². The number of oxime groups is 1. The maximum Gasteiger partial charge on any atom is 0.319 e. The molecule has 6 rings (SSSR count). The highest BCUT2D eigenvalue weighted by atomic mass is 16.6. The Hall–Kier alpha value is -3.85. The average molecular weight is 547 g/mol. The highest BCUT2D eigenvalue weighted by molar-refractivity contribution is 6.13. The Balaban J connectivity index is 1.55. The predicted molar refractivity (Wildman–Crippen MR) is 146 cm³/mol. The second kappa shape index (κ2) is 9.66. The van der Waals surface area contributed by atoms with E-state index in [0.29, 0.717) is 35.4 Å². The van der Waals surface area contributed by atoms with E-state index in [1.165, 1.54) is 21.3 Å². The number of hydrogen-bond donors (Lipinski definition) is 1. The molecule has 2 aliphatic heterocycles. The number of phenols is 1. The van der Waals surface area contributed by atoms with Gasteiger partial charge in [0.15, 0.2) is 29.1 Å². The number of aryl methyl sites for hydroxylation is 1. The van der Waals surface area contributed by atoms with E-state index in [9.17, 15) is 14.7 Å². The highest BCUT2D eigenvalue weighted by Crippen LogP contribution is 2.59. The quantitative estimate of drug-likeness (QED) is 0.567. The number of phenolic OH excluding ortho intramolecular Hbond substituents is 1. The van der Waals surface area contributed by atoms with Crippen molar-refractivity contribution in [3.8, 4) is 11.5 Å². The predicted octanol–water partition coefficient (Wildman–Crippen LogP) is 3.59. The van der Waals surface area contributed by atoms with Crippen LogP contribution >= 0.6 is 0 Å². The molecule has 1 saturated heterocycles. The van der Waals surface area contributed by atoms with Gasteiger partial charge in [0.1, 0.15) is 11.6 Å². The van der Waals surface area contributed by atoms with Crippen LogP contribution in [-0.2, 0) is 35.7 Å². The average Bonchev–Trinajstić information content (AvgIpc) is 3.39. The summed E-state index contributed by atoms with van der Waals surface area (Å²) in [6.45, 7) is 2.77. The molecule has 210 valence electrons. The molecule has 0 saturated carbocycles. The lowest BCUT2D eigenvalue weighted by molar-refractivity contribution is -0.146. The third-order valence-electron chi connectivity index (χ3n) is 9.34. The number of piperidine rings is 1. The summed E-state index contributed by atoms with van der Waals surface area (Å²) in [4.78, 5) is 34.9. The van der Waals surface area contributed by atoms with E-state index in [1.54, 1.807) is 6.07 Å². The Kier molecular flexibility index (Phi) is 6.37. The van der Waals surface area contributed by atoms with Gasteiger partial charge in [0.25, 0.3) is 0 Å². The normalized spacial score (nSPS) is 29.0. The Morgan fingerprint density at radius 2 is 1.93 bits per heavy atom. The summed E-state index contributed by atoms with van der Waals surface area (Å²) in [7, 11) is 6.46. The zero-order valence-corrected chi connectivity index (χ0v) is 23.4. The van der Waals surface area contributed by atoms with Crippen LogP contribution in [0.15, 0.2) is 47.3 Å². The van der Waals surface area contributed by atoms with Crippen molar-refractivity contribution in [3.05, 3.63) is 70.0 Å². The molecule has 0 amide bonds. The largest absolute Gasteiger partial charge is 0.504 e. The van der Waals surface area contributed by atoms with Crippen LogP contribution in [0.5, 0.6) is 11.5 Å². The van der Waals surface area contributed by atoms with Gasteiger partial charge in [0.05, 0.1) is 21.3 Å². The third kappa shape index (κ3) is 3.74. The number of fused-ring (bicyclic) bond motifs is 1. The molecule has 9 heteroatoms. The number of likely N-dealkylation sites (tertiary alicyclic amines) is 1. The number of rotatable bonds is 5. The first-order valence-electron chi connectivity index (χ1n) is 13.5. The van der Waals surface area contributed by atoms with Crippen LogP contribution in [0.4, 0.5) is 0 Å². The smallest absolute Gasteiger partial charge is 0.319 e. The van der Waals surface area contributed by atoms with E-state index >= 15 is 0 Å². The van der Waals surface area contributed by atoms with Crippen LogP contribution < -0.4 is 4.74 Å². The van der Waals surface area contributed by atoms with E-state index in [2.05, 4.69) is 17.1 Å². The minimum absolute atomic E-state index is 0.0311. The van der Waals surface area contributed by atoms with Crippen LogP contribution in [0.2, 0.25) is 0 Å². The molecule has 2 aromatic rings. The fraction of sp³-hybridized carbons (Fsp3) is 0.452. The molecule has 9 nitrogen and oxygen atoms in total. The van der Waals surface area contributed by atoms with Gasteiger partial charge in [0, 0.05) is 40.5 Å². The molecule has 0 aromatic heterocycles. The second-order valence-corrected chi connectivity index (χ2v) is 11.3. The summed E-state index contributed by atoms with van der Waals surface area (Å²) in [5.41, 5.74) is 3.98. The van der Waals surface area contributed by atoms with Crippen LogP contribution in [0.3, 0.4) is 0 Å². The molecule has 2 heterocycles. The van der Waals surface area contributed by atoms with E-state index in [4.69, 9.17) is 19.0 Å². The van der Waals surface area contributed by atoms with Crippen molar-refractivity contribution in [2.24, 2.45) is 17.0 Å². The zero-order chi connectivity index (χ0) is 28.3. The SMILES string of the molecule is COC(=O)[C@H]1C(c2ccc(C)cc2)=NO[C@@H]1c1cc(OC)c(O)c2c1C[C@@H]1[C@@H]3C=C(OC)C(=O)C[C@]23CCN1C. The number of esters is 1. The first-order valence-corrected chi connectivity index (χ1v) is 13.5. The van der Waals surface area contributed by atoms with Gasteiger partial charge in [-0.25, -0.2) is 0 Å². The number of benzene rings is 2. The number of nitrogens with zero attached hydrogens (tertiary/aromatic N) is 2. The number of aromatic hydroxyl groups is 1. The zero-order valence-electron chi connectivity index (χ0n) is 23.4. The van der Waals surface area contributed by atoms with E-state index in [0.717, 1.165) is 23.2 Å². The molecule has 0 unspecified atom stereocenters. The van der Waals surface area contributed by atoms with E-state index < -0.39 is 23.4 Å². The molecular formula is C31H34N2O7. The Morgan fingerprint density at radius 1 is 1.18 bits per heavy atom. The van der Waals surface area contributed by atoms with Crippen molar-refractivity contribution in [2.75, 3.05) is 34.9 Å². The Labute approximate surface area is 233 Å². The van der Waals surface area contributed by atoms with Gasteiger partial charge in [-0.1, -0.05) is 35.0 Å². The molecule has 1 fully saturated rings. The van der Waals surface area contributed by atoms with Crippen LogP contribution in [0, 0.1) is 18.8 Å². The number of ether oxygens (including phenoxy) is 3. The molecule has 0 spiro atoms. The van der Waals surface area contributed by atoms with Crippen molar-refractivity contribution >= 4 is 17.5 Å². The van der Waals surface area contributed by atoms with Crippen LogP contribution in [-0.4, -0.2) is 68.4 Å². The topological polar surface area (TPSA) is 107 Å². The summed E-state index contributed by atoms with van der Waals surface area (Å²) in [5.74, 6) is -0.759. The number of hydrogen-bond acceptors (Lipinski definition) is 9. The number of ketones is 1. The van der Waals surface area contributed by atoms with Crippen LogP contribution in [0.1, 0.15) is 46.8 Å². The summed E-state index contributed by atoms with van der Waals surface area (Å²) >= 11 is 0. The standard InChI is InChI=1S/C31H34N2O7/c1-16-6-8-17(9-7-16)27-25(30(36)39-5)29(40-32-27)19-13-24(38-4)28(35)26-18(19)12-21-20-14-23(37-3)22(34)15-31(20,26)10-11-33(21)2/h6-9,13-14,20-21,25,29,35H,10-12,15H2,1-5H3/t20-,21+,25-,29+,31-/m0/s1. The van der Waals surface area contributed by atoms with Gasteiger partial charge in [-0.2, -0.15) is 0 Å². The van der Waals surface area contributed by atoms with Crippen molar-refractivity contribution in [1.82, 2.24) is 4.90 Å². The third-order valence-corrected chi connectivity index (χ3v) is 9.34. The summed E-state index contributed by atoms with van der Waals surface area (Å²) < 4.78 is 16.4. The lowest BCUT2D eigenvalue weighted by Crippen LogP contribution is -2.60. The lowest BCUT2D eigenvalue weighted by atomic mass is 9.53. The summed E-state index contributed by atoms with van der Waals surface area (Å²) in [6.07, 6.45) is 2.62. The van der Waals surface area contributed by atoms with Gasteiger partial charge in [-0.3, -0.25) is 9.59 Å². The number of methoxy groups -OCH3 is 3. The lowest BCUT2D eigenvalue weighted by Gasteiger charge is -2.57. The molecule has 1 N–H and O–H groups in total.